The van der Waals surface area contributed by atoms with Crippen LogP contribution in [-0.2, 0) is 97.2 Å². The van der Waals surface area contributed by atoms with Gasteiger partial charge in [-0.2, -0.15) is 0 Å². The lowest BCUT2D eigenvalue weighted by molar-refractivity contribution is -0.373. The van der Waals surface area contributed by atoms with Crippen LogP contribution in [0, 0.1) is 0 Å². The maximum absolute atomic E-state index is 15.1. The second-order valence-corrected chi connectivity index (χ2v) is 32.0. The van der Waals surface area contributed by atoms with Gasteiger partial charge in [0.15, 0.2) is 45.5 Å². The van der Waals surface area contributed by atoms with E-state index in [0.717, 1.165) is 16.7 Å². The summed E-state index contributed by atoms with van der Waals surface area (Å²) in [7, 11) is -3.02. The van der Waals surface area contributed by atoms with Crippen molar-refractivity contribution >= 4 is 38.2 Å². The highest BCUT2D eigenvalue weighted by Gasteiger charge is 2.59. The number of rotatable bonds is 30. The van der Waals surface area contributed by atoms with Crippen LogP contribution in [0.3, 0.4) is 0 Å². The summed E-state index contributed by atoms with van der Waals surface area (Å²) >= 11 is 0. The van der Waals surface area contributed by atoms with Crippen molar-refractivity contribution in [2.75, 3.05) is 13.2 Å². The maximum atomic E-state index is 15.1. The average Bonchev–Trinajstić information content (AvgIpc) is 0.757. The van der Waals surface area contributed by atoms with Crippen molar-refractivity contribution in [1.29, 1.82) is 0 Å². The summed E-state index contributed by atoms with van der Waals surface area (Å²) in [4.78, 5) is 74.4. The lowest BCUT2D eigenvalue weighted by Gasteiger charge is -2.52. The number of carbonyl (C=O) groups excluding carboxylic acids is 5. The van der Waals surface area contributed by atoms with Gasteiger partial charge in [-0.15, -0.1) is 0 Å². The van der Waals surface area contributed by atoms with Crippen LogP contribution in [0.25, 0.3) is 10.4 Å². The number of azide groups is 1. The van der Waals surface area contributed by atoms with Crippen LogP contribution in [-0.4, -0.2) is 143 Å². The Kier molecular flexibility index (Phi) is 27.0. The molecule has 0 N–H and O–H groups in total. The number of hydrogen-bond donors (Lipinski definition) is 0. The van der Waals surface area contributed by atoms with Gasteiger partial charge in [0, 0.05) is 11.8 Å². The normalized spacial score (nSPS) is 24.5. The Bertz CT molecular complexity index is 4170. The van der Waals surface area contributed by atoms with Crippen LogP contribution in [0.4, 0.5) is 0 Å². The van der Waals surface area contributed by atoms with Gasteiger partial charge in [-0.05, 0) is 114 Å². The fraction of sp³-hybridized carbons (Fsp3) is 0.354. The van der Waals surface area contributed by atoms with Crippen LogP contribution in [0.1, 0.15) is 98.3 Å². The Labute approximate surface area is 616 Å². The zero-order valence-corrected chi connectivity index (χ0v) is 60.9. The number of esters is 5. The van der Waals surface area contributed by atoms with E-state index in [-0.39, 0.29) is 55.3 Å². The summed E-state index contributed by atoms with van der Waals surface area (Å²) in [6.45, 7) is 12.3. The molecule has 0 saturated carbocycles. The van der Waals surface area contributed by atoms with E-state index in [1.165, 1.54) is 43.3 Å². The molecule has 3 fully saturated rings. The first kappa shape index (κ1) is 77.3. The molecule has 0 aliphatic carbocycles. The maximum Gasteiger partial charge on any atom is 0.338 e. The van der Waals surface area contributed by atoms with Crippen molar-refractivity contribution in [3.8, 4) is 5.75 Å². The van der Waals surface area contributed by atoms with Crippen LogP contribution in [0.15, 0.2) is 242 Å². The fourth-order valence-corrected chi connectivity index (χ4v) is 13.3. The standard InChI is InChI=1S/C82H87N3O20Si/c1-53-67(92-48-55-29-15-8-16-30-55)71(93-49-56-31-17-9-18-32-56)73(94-50-57-33-19-10-20-34-57)80(96-53)104-70-66(84-85-83)79(105-106(6,7)82(3,4)5)98-64(51-91-47-58-43-45-63(46-44-58)97-54(2)86)68(70)103-81-74(102-78(90)62-41-27-14-28-42-62)72(101-77(89)61-39-25-13-26-40-61)69(100-76(88)60-37-23-12-24-38-60)65(99-81)52-95-75(87)59-35-21-11-22-36-59/h8-46,53,64-74,79-81H,47-52H2,1-7H3/t53-,64+,65+,66+,67+,68+,69-,70+,71+,72-,73-,74+,79-,80-,81-/m0/s1. The third-order valence-electron chi connectivity index (χ3n) is 18.7. The van der Waals surface area contributed by atoms with Crippen LogP contribution >= 0.6 is 0 Å². The molecule has 8 aromatic carbocycles. The third kappa shape index (κ3) is 20.6. The first-order valence-electron chi connectivity index (χ1n) is 35.1. The summed E-state index contributed by atoms with van der Waals surface area (Å²) in [6.07, 6.45) is -20.7. The average molecular weight is 1460 g/mol. The molecule has 0 spiro atoms. The summed E-state index contributed by atoms with van der Waals surface area (Å²) in [5.74, 6) is -3.88. The highest BCUT2D eigenvalue weighted by atomic mass is 28.4. The second-order valence-electron chi connectivity index (χ2n) is 27.3. The van der Waals surface area contributed by atoms with Gasteiger partial charge in [-0.25, -0.2) is 19.2 Å². The molecule has 0 radical (unpaired) electrons. The minimum Gasteiger partial charge on any atom is -0.459 e. The zero-order valence-electron chi connectivity index (χ0n) is 59.9. The van der Waals surface area contributed by atoms with Gasteiger partial charge in [0.25, 0.3) is 0 Å². The molecule has 106 heavy (non-hydrogen) atoms. The molecule has 8 aromatic rings. The Morgan fingerprint density at radius 3 is 1.30 bits per heavy atom. The van der Waals surface area contributed by atoms with E-state index in [9.17, 15) is 24.7 Å². The number of ether oxygens (including phenoxy) is 14. The molecule has 11 rings (SSSR count). The van der Waals surface area contributed by atoms with E-state index in [1.807, 2.05) is 132 Å². The van der Waals surface area contributed by atoms with Gasteiger partial charge >= 0.3 is 29.8 Å². The first-order valence-corrected chi connectivity index (χ1v) is 38.0. The Balaban J connectivity index is 1.09. The van der Waals surface area contributed by atoms with Crippen molar-refractivity contribution in [2.24, 2.45) is 5.11 Å². The van der Waals surface area contributed by atoms with Gasteiger partial charge in [0.2, 0.25) is 0 Å². The van der Waals surface area contributed by atoms with Gasteiger partial charge in [-0.1, -0.05) is 202 Å². The molecule has 24 heteroatoms. The minimum absolute atomic E-state index is 0.00232. The Hall–Kier alpha value is -9.76. The highest BCUT2D eigenvalue weighted by Crippen LogP contribution is 2.43. The molecular formula is C82H87N3O20Si. The number of carbonyl (C=O) groups is 5. The van der Waals surface area contributed by atoms with E-state index in [1.54, 1.807) is 109 Å². The lowest BCUT2D eigenvalue weighted by atomic mass is 9.94. The predicted molar refractivity (Wildman–Crippen MR) is 389 cm³/mol. The van der Waals surface area contributed by atoms with Crippen LogP contribution in [0.5, 0.6) is 5.75 Å². The largest absolute Gasteiger partial charge is 0.459 e. The minimum atomic E-state index is -3.02. The summed E-state index contributed by atoms with van der Waals surface area (Å²) in [5, 5.41) is 4.01. The van der Waals surface area contributed by atoms with Crippen molar-refractivity contribution in [1.82, 2.24) is 0 Å². The molecule has 15 atom stereocenters. The number of benzene rings is 8. The van der Waals surface area contributed by atoms with Gasteiger partial charge < -0.3 is 70.7 Å². The third-order valence-corrected chi connectivity index (χ3v) is 23.1. The SMILES string of the molecule is CC(=O)Oc1ccc(COC[C@H]2O[C@@H](O[Si](C)(C)C(C)(C)C)[C@H](N=[N+]=[N-])[C@@H](O[C@@H]3O[C@@H](C)[C@@H](OCc4ccccc4)[C@@H](OCc4ccccc4)[C@@H]3OCc3ccccc3)[C@@H]2O[C@@H]2O[C@H](COC(=O)c3ccccc3)[C@H](OC(=O)c3ccccc3)[C@H](OC(=O)c3ccccc3)[C@H]2OC(=O)c2ccccc2)cc1. The molecule has 3 heterocycles. The first-order chi connectivity index (χ1) is 51.3. The molecule has 0 amide bonds. The molecule has 3 aliphatic heterocycles. The summed E-state index contributed by atoms with van der Waals surface area (Å²) < 4.78 is 102. The zero-order chi connectivity index (χ0) is 74.6. The lowest BCUT2D eigenvalue weighted by Crippen LogP contribution is -2.68. The molecule has 0 aromatic heterocycles. The summed E-state index contributed by atoms with van der Waals surface area (Å²) in [5.41, 5.74) is 14.5. The quantitative estimate of drug-likeness (QED) is 0.00769. The highest BCUT2D eigenvalue weighted by molar-refractivity contribution is 6.74. The Morgan fingerprint density at radius 1 is 0.434 bits per heavy atom. The second kappa shape index (κ2) is 37.0. The molecule has 3 saturated heterocycles. The van der Waals surface area contributed by atoms with Gasteiger partial charge in [0.05, 0.1) is 61.4 Å². The molecule has 3 aliphatic rings. The van der Waals surface area contributed by atoms with Crippen LogP contribution < -0.4 is 4.74 Å². The molecule has 554 valence electrons. The predicted octanol–water partition coefficient (Wildman–Crippen LogP) is 14.1. The monoisotopic (exact) mass is 1460 g/mol. The summed E-state index contributed by atoms with van der Waals surface area (Å²) in [6, 6.07) is 65.8. The van der Waals surface area contributed by atoms with Gasteiger partial charge in [0.1, 0.15) is 61.1 Å². The fourth-order valence-electron chi connectivity index (χ4n) is 12.1. The van der Waals surface area contributed by atoms with E-state index in [2.05, 4.69) is 10.0 Å². The number of hydrogen-bond acceptors (Lipinski definition) is 21. The van der Waals surface area contributed by atoms with Gasteiger partial charge in [-0.3, -0.25) is 4.79 Å². The smallest absolute Gasteiger partial charge is 0.338 e. The van der Waals surface area contributed by atoms with E-state index in [4.69, 9.17) is 70.7 Å². The van der Waals surface area contributed by atoms with Crippen molar-refractivity contribution in [3.63, 3.8) is 0 Å². The van der Waals surface area contributed by atoms with E-state index >= 15 is 4.79 Å². The molecule has 23 nitrogen and oxygen atoms in total. The Morgan fingerprint density at radius 2 is 0.830 bits per heavy atom. The topological polar surface area (TPSA) is 273 Å². The van der Waals surface area contributed by atoms with E-state index < -0.39 is 142 Å². The van der Waals surface area contributed by atoms with Crippen molar-refractivity contribution in [2.45, 2.75) is 171 Å². The van der Waals surface area contributed by atoms with Crippen molar-refractivity contribution < 1.29 is 94.7 Å². The molecule has 0 unspecified atom stereocenters. The molecular weight excluding hydrogens is 1370 g/mol. The van der Waals surface area contributed by atoms with Crippen LogP contribution in [0.2, 0.25) is 18.1 Å². The van der Waals surface area contributed by atoms with E-state index in [0.29, 0.717) is 11.3 Å². The van der Waals surface area contributed by atoms with Crippen molar-refractivity contribution in [3.05, 3.63) is 292 Å². The number of nitrogens with zero attached hydrogens (tertiary/aromatic N) is 3. The molecule has 0 bridgehead atoms.